The van der Waals surface area contributed by atoms with Crippen LogP contribution in [0.25, 0.3) is 122 Å². The fraction of sp³-hybridized carbons (Fsp3) is 0. The summed E-state index contributed by atoms with van der Waals surface area (Å²) in [6.07, 6.45) is 8.76. The monoisotopic (exact) mass is 810 g/mol. The molecule has 0 fully saturated rings. The van der Waals surface area contributed by atoms with E-state index in [1.165, 1.54) is 120 Å². The summed E-state index contributed by atoms with van der Waals surface area (Å²) in [5.74, 6) is 0. The van der Waals surface area contributed by atoms with Crippen LogP contribution in [0, 0.1) is 0 Å². The minimum Gasteiger partial charge on any atom is -0.0622 e. The van der Waals surface area contributed by atoms with Crippen LogP contribution in [0.5, 0.6) is 0 Å². The Morgan fingerprint density at radius 1 is 0.188 bits per heavy atom. The van der Waals surface area contributed by atoms with Crippen LogP contribution in [0.4, 0.5) is 0 Å². The van der Waals surface area contributed by atoms with Crippen molar-refractivity contribution in [1.29, 1.82) is 0 Å². The lowest BCUT2D eigenvalue weighted by Crippen LogP contribution is -1.94. The zero-order chi connectivity index (χ0) is 42.4. The predicted octanol–water partition coefficient (Wildman–Crippen LogP) is 17.9. The molecule has 0 amide bonds. The van der Waals surface area contributed by atoms with E-state index in [2.05, 4.69) is 255 Å². The van der Waals surface area contributed by atoms with Crippen LogP contribution in [0.15, 0.2) is 231 Å². The average molecular weight is 811 g/mol. The molecule has 12 aromatic carbocycles. The van der Waals surface area contributed by atoms with Gasteiger partial charge in [-0.2, -0.15) is 0 Å². The van der Waals surface area contributed by atoms with E-state index in [0.717, 1.165) is 0 Å². The Bertz CT molecular complexity index is 3450. The second kappa shape index (κ2) is 15.9. The summed E-state index contributed by atoms with van der Waals surface area (Å²) in [5, 5.41) is 14.9. The summed E-state index contributed by atoms with van der Waals surface area (Å²) >= 11 is 0. The maximum atomic E-state index is 2.37. The summed E-state index contributed by atoms with van der Waals surface area (Å²) in [6, 6.07) is 84.6. The first kappa shape index (κ1) is 37.4. The Kier molecular flexibility index (Phi) is 9.28. The third-order valence-electron chi connectivity index (χ3n) is 13.0. The molecular weight excluding hydrogens is 769 g/mol. The lowest BCUT2D eigenvalue weighted by atomic mass is 9.81. The van der Waals surface area contributed by atoms with Gasteiger partial charge in [0.15, 0.2) is 0 Å². The summed E-state index contributed by atoms with van der Waals surface area (Å²) in [6.45, 7) is 0. The van der Waals surface area contributed by atoms with E-state index in [4.69, 9.17) is 0 Å². The fourth-order valence-electron chi connectivity index (χ4n) is 9.98. The van der Waals surface area contributed by atoms with E-state index in [1.54, 1.807) is 0 Å². The molecule has 64 heavy (non-hydrogen) atoms. The lowest BCUT2D eigenvalue weighted by molar-refractivity contribution is 1.66. The van der Waals surface area contributed by atoms with Crippen molar-refractivity contribution in [3.8, 4) is 33.4 Å². The molecule has 0 saturated carbocycles. The van der Waals surface area contributed by atoms with Gasteiger partial charge in [0.25, 0.3) is 0 Å². The van der Waals surface area contributed by atoms with Gasteiger partial charge in [-0.15, -0.1) is 0 Å². The smallest absolute Gasteiger partial charge is 0.00139 e. The van der Waals surface area contributed by atoms with E-state index < -0.39 is 0 Å². The zero-order valence-electron chi connectivity index (χ0n) is 35.2. The van der Waals surface area contributed by atoms with Gasteiger partial charge in [0.05, 0.1) is 0 Å². The highest BCUT2D eigenvalue weighted by Gasteiger charge is 2.22. The van der Waals surface area contributed by atoms with Crippen molar-refractivity contribution in [3.63, 3.8) is 0 Å². The van der Waals surface area contributed by atoms with Gasteiger partial charge in [-0.3, -0.25) is 0 Å². The molecule has 0 heterocycles. The topological polar surface area (TPSA) is 0 Å². The van der Waals surface area contributed by atoms with Crippen molar-refractivity contribution in [1.82, 2.24) is 0 Å². The average Bonchev–Trinajstić information content (AvgIpc) is 3.36. The van der Waals surface area contributed by atoms with E-state index >= 15 is 0 Å². The maximum Gasteiger partial charge on any atom is -0.00139 e. The molecule has 0 nitrogen and oxygen atoms in total. The third kappa shape index (κ3) is 6.65. The quantitative estimate of drug-likeness (QED) is 0.111. The van der Waals surface area contributed by atoms with Crippen molar-refractivity contribution < 1.29 is 0 Å². The molecule has 0 saturated heterocycles. The second-order valence-corrected chi connectivity index (χ2v) is 16.8. The lowest BCUT2D eigenvalue weighted by Gasteiger charge is -2.22. The molecule has 0 N–H and O–H groups in total. The highest BCUT2D eigenvalue weighted by molar-refractivity contribution is 6.30. The highest BCUT2D eigenvalue weighted by Crippen LogP contribution is 2.50. The zero-order valence-corrected chi connectivity index (χ0v) is 35.2. The molecular formula is C64H42. The number of benzene rings is 12. The predicted molar refractivity (Wildman–Crippen MR) is 279 cm³/mol. The SMILES string of the molecule is C(=Cc1ccc2cc(-c3c4ccccc4c(-c4c5ccccc5c(-c5ccc6cc(C=Cc7ccccc7)ccc6c5)c5ccccc45)c4ccccc34)ccc2c1)c1ccccc1. The summed E-state index contributed by atoms with van der Waals surface area (Å²) in [4.78, 5) is 0. The Balaban J connectivity index is 1.02. The molecule has 0 atom stereocenters. The summed E-state index contributed by atoms with van der Waals surface area (Å²) in [7, 11) is 0. The van der Waals surface area contributed by atoms with Crippen LogP contribution >= 0.6 is 0 Å². The Labute approximate surface area is 373 Å². The van der Waals surface area contributed by atoms with Gasteiger partial charge in [0, 0.05) is 0 Å². The highest BCUT2D eigenvalue weighted by atomic mass is 14.2. The van der Waals surface area contributed by atoms with E-state index in [-0.39, 0.29) is 0 Å². The van der Waals surface area contributed by atoms with E-state index in [0.29, 0.717) is 0 Å². The molecule has 12 rings (SSSR count). The normalized spacial score (nSPS) is 11.9. The molecule has 0 aliphatic heterocycles. The van der Waals surface area contributed by atoms with Gasteiger partial charge in [0.1, 0.15) is 0 Å². The van der Waals surface area contributed by atoms with Crippen molar-refractivity contribution in [2.45, 2.75) is 0 Å². The van der Waals surface area contributed by atoms with Crippen molar-refractivity contribution in [3.05, 3.63) is 253 Å². The first-order chi connectivity index (χ1) is 31.7. The van der Waals surface area contributed by atoms with Gasteiger partial charge in [0.2, 0.25) is 0 Å². The third-order valence-corrected chi connectivity index (χ3v) is 13.0. The number of hydrogen-bond acceptors (Lipinski definition) is 0. The molecule has 0 aliphatic rings. The molecule has 0 bridgehead atoms. The van der Waals surface area contributed by atoms with Crippen LogP contribution in [0.2, 0.25) is 0 Å². The van der Waals surface area contributed by atoms with Crippen molar-refractivity contribution in [2.24, 2.45) is 0 Å². The first-order valence-corrected chi connectivity index (χ1v) is 22.2. The van der Waals surface area contributed by atoms with Gasteiger partial charge in [-0.05, 0) is 145 Å². The van der Waals surface area contributed by atoms with Gasteiger partial charge < -0.3 is 0 Å². The van der Waals surface area contributed by atoms with Crippen LogP contribution in [-0.2, 0) is 0 Å². The minimum absolute atomic E-state index is 1.19. The van der Waals surface area contributed by atoms with Crippen molar-refractivity contribution >= 4 is 88.9 Å². The van der Waals surface area contributed by atoms with E-state index in [1.807, 2.05) is 0 Å². The number of hydrogen-bond donors (Lipinski definition) is 0. The van der Waals surface area contributed by atoms with Gasteiger partial charge in [-0.1, -0.05) is 231 Å². The van der Waals surface area contributed by atoms with Gasteiger partial charge >= 0.3 is 0 Å². The molecule has 0 aromatic heterocycles. The minimum atomic E-state index is 1.19. The van der Waals surface area contributed by atoms with Crippen LogP contribution in [0.3, 0.4) is 0 Å². The number of rotatable bonds is 7. The Hall–Kier alpha value is -8.32. The standard InChI is InChI=1S/C64H42/c1-3-15-43(16-4-1)27-29-45-31-33-49-41-51(37-35-47(49)39-45)61-53-19-7-11-23-57(53)63(58-24-12-8-20-54(58)61)64-59-25-13-9-21-55(59)62(56-22-10-14-26-60(56)64)52-38-36-48-40-46(32-34-50(48)42-52)30-28-44-17-5-2-6-18-44/h1-42H. The van der Waals surface area contributed by atoms with Crippen molar-refractivity contribution in [2.75, 3.05) is 0 Å². The fourth-order valence-corrected chi connectivity index (χ4v) is 9.98. The Morgan fingerprint density at radius 3 is 0.797 bits per heavy atom. The molecule has 0 unspecified atom stereocenters. The molecule has 0 aliphatic carbocycles. The van der Waals surface area contributed by atoms with Crippen LogP contribution < -0.4 is 0 Å². The van der Waals surface area contributed by atoms with Crippen LogP contribution in [0.1, 0.15) is 22.3 Å². The summed E-state index contributed by atoms with van der Waals surface area (Å²) in [5.41, 5.74) is 12.3. The van der Waals surface area contributed by atoms with Gasteiger partial charge in [-0.25, -0.2) is 0 Å². The van der Waals surface area contributed by atoms with E-state index in [9.17, 15) is 0 Å². The molecule has 0 spiro atoms. The molecule has 298 valence electrons. The Morgan fingerprint density at radius 2 is 0.453 bits per heavy atom. The second-order valence-electron chi connectivity index (χ2n) is 16.8. The largest absolute Gasteiger partial charge is 0.0622 e. The molecule has 12 aromatic rings. The molecule has 0 heteroatoms. The summed E-state index contributed by atoms with van der Waals surface area (Å²) < 4.78 is 0. The van der Waals surface area contributed by atoms with Crippen LogP contribution in [-0.4, -0.2) is 0 Å². The maximum absolute atomic E-state index is 2.37. The number of fused-ring (bicyclic) bond motifs is 6. The molecule has 0 radical (unpaired) electrons. The first-order valence-electron chi connectivity index (χ1n) is 22.2.